The van der Waals surface area contributed by atoms with Crippen molar-refractivity contribution < 1.29 is 28.7 Å². The minimum Gasteiger partial charge on any atom is -0.444 e. The van der Waals surface area contributed by atoms with Gasteiger partial charge in [-0.25, -0.2) is 9.59 Å². The predicted octanol–water partition coefficient (Wildman–Crippen LogP) is 9.04. The Bertz CT molecular complexity index is 1770. The summed E-state index contributed by atoms with van der Waals surface area (Å²) < 4.78 is 20.2. The lowest BCUT2D eigenvalue weighted by Crippen LogP contribution is -2.47. The third-order valence-corrected chi connectivity index (χ3v) is 7.26. The van der Waals surface area contributed by atoms with Crippen molar-refractivity contribution in [1.82, 2.24) is 24.8 Å². The van der Waals surface area contributed by atoms with Gasteiger partial charge in [-0.1, -0.05) is 12.1 Å². The largest absolute Gasteiger partial charge is 0.444 e. The number of amides is 2. The normalized spacial score (nSPS) is 15.1. The molecule has 1 N–H and O–H groups in total. The number of carbonyl (C=O) groups excluding carboxylic acids is 2. The van der Waals surface area contributed by atoms with Crippen molar-refractivity contribution in [3.63, 3.8) is 0 Å². The van der Waals surface area contributed by atoms with E-state index in [2.05, 4.69) is 48.7 Å². The summed E-state index contributed by atoms with van der Waals surface area (Å²) >= 11 is 13.8. The summed E-state index contributed by atoms with van der Waals surface area (Å²) in [4.78, 5) is 39.5. The first-order valence-electron chi connectivity index (χ1n) is 16.8. The van der Waals surface area contributed by atoms with Crippen molar-refractivity contribution in [2.45, 2.75) is 77.6 Å². The molecule has 3 aromatic heterocycles. The Balaban J connectivity index is 0.000000292. The lowest BCUT2D eigenvalue weighted by atomic mass is 9.88. The number of rotatable bonds is 2. The molecule has 0 aliphatic carbocycles. The zero-order chi connectivity index (χ0) is 40.6. The van der Waals surface area contributed by atoms with Crippen molar-refractivity contribution >= 4 is 56.7 Å². The summed E-state index contributed by atoms with van der Waals surface area (Å²) in [5, 5.41) is 25.0. The fourth-order valence-corrected chi connectivity index (χ4v) is 4.73. The lowest BCUT2D eigenvalue weighted by Gasteiger charge is -2.38. The summed E-state index contributed by atoms with van der Waals surface area (Å²) in [6.07, 6.45) is 9.38. The van der Waals surface area contributed by atoms with Gasteiger partial charge in [0.05, 0.1) is 22.5 Å². The Morgan fingerprint density at radius 3 is 1.67 bits per heavy atom. The molecule has 2 aliphatic rings. The average Bonchev–Trinajstić information content (AvgIpc) is 3.11. The number of pyridine rings is 3. The Hall–Kier alpha value is -4.23. The molecule has 0 aromatic carbocycles. The molecule has 5 rings (SSSR count). The van der Waals surface area contributed by atoms with Crippen LogP contribution in [0, 0.1) is 22.7 Å². The zero-order valence-electron chi connectivity index (χ0n) is 31.1. The first-order valence-corrected chi connectivity index (χ1v) is 21.2. The molecule has 1 saturated heterocycles. The van der Waals surface area contributed by atoms with Crippen LogP contribution in [0.25, 0.3) is 5.57 Å². The minimum atomic E-state index is -3.22. The fourth-order valence-electron chi connectivity index (χ4n) is 4.73. The molecule has 0 saturated carbocycles. The summed E-state index contributed by atoms with van der Waals surface area (Å²) in [7, 11) is 0. The number of piperidine rings is 1. The van der Waals surface area contributed by atoms with Gasteiger partial charge >= 0.3 is 17.4 Å². The molecule has 0 unspecified atom stereocenters. The molecule has 0 spiro atoms. The summed E-state index contributed by atoms with van der Waals surface area (Å²) in [6, 6.07) is 16.7. The highest BCUT2D eigenvalue weighted by Gasteiger charge is 2.37. The number of nitrogens with zero attached hydrogens (tertiary/aromatic N) is 7. The molecule has 3 aromatic rings. The van der Waals surface area contributed by atoms with Crippen molar-refractivity contribution in [1.29, 1.82) is 10.5 Å². The van der Waals surface area contributed by atoms with Crippen molar-refractivity contribution in [3.05, 3.63) is 95.8 Å². The monoisotopic (exact) mass is 819 g/mol. The van der Waals surface area contributed by atoms with Crippen LogP contribution in [0.3, 0.4) is 0 Å². The molecule has 2 aliphatic heterocycles. The molecule has 1 fully saturated rings. The molecule has 13 nitrogen and oxygen atoms in total. The molecule has 17 heteroatoms. The second-order valence-electron chi connectivity index (χ2n) is 13.9. The van der Waals surface area contributed by atoms with Gasteiger partial charge in [-0.05, 0) is 136 Å². The number of nitriles is 2. The van der Waals surface area contributed by atoms with Crippen molar-refractivity contribution in [2.75, 3.05) is 26.2 Å². The quantitative estimate of drug-likeness (QED) is 0.244. The van der Waals surface area contributed by atoms with Gasteiger partial charge in [0.1, 0.15) is 28.9 Å². The van der Waals surface area contributed by atoms with Gasteiger partial charge in [-0.3, -0.25) is 19.5 Å². The van der Waals surface area contributed by atoms with E-state index < -0.39 is 22.0 Å². The number of aromatic nitrogens is 3. The SMILES string of the molecule is CC(C)(C)OC(=O)N1CC=C(c2ccc(C#N)cn2)CC1.CC(C)(C)OC(=O)N1CCC(O)(c2ccc(C#N)cn2)CC1.O=P(Cl)(Cl)Cl.c1ccncc1. The van der Waals surface area contributed by atoms with E-state index >= 15 is 0 Å². The first kappa shape index (κ1) is 45.9. The van der Waals surface area contributed by atoms with E-state index in [1.54, 1.807) is 46.6 Å². The molecule has 0 atom stereocenters. The Morgan fingerprint density at radius 2 is 1.31 bits per heavy atom. The summed E-state index contributed by atoms with van der Waals surface area (Å²) in [6.45, 7) is 13.0. The molecule has 290 valence electrons. The first-order chi connectivity index (χ1) is 25.1. The zero-order valence-corrected chi connectivity index (χ0v) is 34.2. The Morgan fingerprint density at radius 1 is 0.815 bits per heavy atom. The van der Waals surface area contributed by atoms with Gasteiger partial charge in [0, 0.05) is 51.0 Å². The van der Waals surface area contributed by atoms with Crippen LogP contribution in [0.2, 0.25) is 0 Å². The standard InChI is InChI=1S/C16H21N3O3.C16H19N3O2.C5H5N.Cl3OP/c1-15(2,3)22-14(20)19-8-6-16(21,7-9-19)13-5-4-12(10-17)11-18-13;1-16(2,3)21-15(20)19-8-6-13(7-9-19)14-5-4-12(10-17)11-18-14;1-2-4-6-5-3-1;1-5(2,3)4/h4-5,11,21H,6-9H2,1-3H3;4-6,11H,7-9H2,1-3H3;1-5H;. The van der Waals surface area contributed by atoms with Crippen molar-refractivity contribution in [3.8, 4) is 12.1 Å². The van der Waals surface area contributed by atoms with Crippen LogP contribution < -0.4 is 0 Å². The van der Waals surface area contributed by atoms with E-state index in [0.717, 1.165) is 17.7 Å². The molecule has 5 heterocycles. The van der Waals surface area contributed by atoms with E-state index in [-0.39, 0.29) is 12.2 Å². The van der Waals surface area contributed by atoms with Gasteiger partial charge in [0.15, 0.2) is 0 Å². The molecule has 0 bridgehead atoms. The van der Waals surface area contributed by atoms with Gasteiger partial charge in [-0.15, -0.1) is 0 Å². The van der Waals surface area contributed by atoms with Crippen LogP contribution in [0.4, 0.5) is 9.59 Å². The highest BCUT2D eigenvalue weighted by molar-refractivity contribution is 8.24. The number of hydrogen-bond acceptors (Lipinski definition) is 11. The number of aliphatic hydroxyl groups is 1. The number of carbonyl (C=O) groups is 2. The smallest absolute Gasteiger partial charge is 0.410 e. The van der Waals surface area contributed by atoms with E-state index in [4.69, 9.17) is 20.0 Å². The number of halogens is 3. The van der Waals surface area contributed by atoms with Crippen LogP contribution in [0.15, 0.2) is 73.3 Å². The number of hydrogen-bond donors (Lipinski definition) is 1. The fraction of sp³-hybridized carbons (Fsp3) is 0.432. The molecule has 0 radical (unpaired) electrons. The number of likely N-dealkylation sites (tertiary alicyclic amines) is 1. The van der Waals surface area contributed by atoms with Crippen LogP contribution in [0.5, 0.6) is 0 Å². The predicted molar refractivity (Wildman–Crippen MR) is 209 cm³/mol. The van der Waals surface area contributed by atoms with Gasteiger partial charge < -0.3 is 24.4 Å². The Labute approximate surface area is 331 Å². The second-order valence-corrected chi connectivity index (χ2v) is 20.6. The maximum atomic E-state index is 12.0. The third-order valence-electron chi connectivity index (χ3n) is 7.26. The third kappa shape index (κ3) is 18.2. The maximum Gasteiger partial charge on any atom is 0.410 e. The van der Waals surface area contributed by atoms with Gasteiger partial charge in [-0.2, -0.15) is 10.5 Å². The summed E-state index contributed by atoms with van der Waals surface area (Å²) in [5.74, 6) is 0. The minimum absolute atomic E-state index is 0.286. The van der Waals surface area contributed by atoms with Crippen LogP contribution in [-0.2, 0) is 19.6 Å². The molecular formula is C37H45Cl3N7O6P. The average molecular weight is 821 g/mol. The van der Waals surface area contributed by atoms with E-state index in [1.807, 2.05) is 84.0 Å². The summed E-state index contributed by atoms with van der Waals surface area (Å²) in [5.41, 5.74) is 1.43. The van der Waals surface area contributed by atoms with E-state index in [1.165, 1.54) is 6.20 Å². The Kier molecular flexibility index (Phi) is 17.9. The molecule has 54 heavy (non-hydrogen) atoms. The topological polar surface area (TPSA) is 183 Å². The van der Waals surface area contributed by atoms with Crippen LogP contribution in [-0.4, -0.2) is 79.4 Å². The second kappa shape index (κ2) is 21.0. The highest BCUT2D eigenvalue weighted by Crippen LogP contribution is 2.61. The van der Waals surface area contributed by atoms with Crippen LogP contribution in [0.1, 0.15) is 83.3 Å². The maximum absolute atomic E-state index is 12.0. The van der Waals surface area contributed by atoms with Crippen LogP contribution >= 0.6 is 38.9 Å². The molecular weight excluding hydrogens is 776 g/mol. The van der Waals surface area contributed by atoms with E-state index in [9.17, 15) is 19.3 Å². The van der Waals surface area contributed by atoms with E-state index in [0.29, 0.717) is 55.8 Å². The van der Waals surface area contributed by atoms with Crippen molar-refractivity contribution in [2.24, 2.45) is 0 Å². The molecule has 2 amide bonds. The van der Waals surface area contributed by atoms with Gasteiger partial charge in [0.25, 0.3) is 0 Å². The number of ether oxygens (including phenoxy) is 2. The van der Waals surface area contributed by atoms with Gasteiger partial charge in [0.2, 0.25) is 0 Å². The lowest BCUT2D eigenvalue weighted by molar-refractivity contribution is -0.0381. The highest BCUT2D eigenvalue weighted by atomic mass is 36.0.